The summed E-state index contributed by atoms with van der Waals surface area (Å²) in [5.41, 5.74) is 4.05. The van der Waals surface area contributed by atoms with E-state index in [1.165, 1.54) is 0 Å². The van der Waals surface area contributed by atoms with Crippen molar-refractivity contribution in [3.63, 3.8) is 0 Å². The number of pyridine rings is 1. The highest BCUT2D eigenvalue weighted by atomic mass is 35.5. The number of hydrogen-bond donors (Lipinski definition) is 0. The zero-order valence-electron chi connectivity index (χ0n) is 11.0. The molecule has 0 aliphatic heterocycles. The second-order valence-corrected chi connectivity index (χ2v) is 5.67. The third kappa shape index (κ3) is 3.30. The Morgan fingerprint density at radius 1 is 1.42 bits per heavy atom. The highest BCUT2D eigenvalue weighted by Gasteiger charge is 2.15. The van der Waals surface area contributed by atoms with Gasteiger partial charge >= 0.3 is 0 Å². The molecule has 0 saturated carbocycles. The average Bonchev–Trinajstić information content (AvgIpc) is 2.72. The van der Waals surface area contributed by atoms with E-state index >= 15 is 0 Å². The van der Waals surface area contributed by atoms with Crippen molar-refractivity contribution in [2.45, 2.75) is 20.4 Å². The van der Waals surface area contributed by atoms with Gasteiger partial charge in [0.25, 0.3) is 5.91 Å². The van der Waals surface area contributed by atoms with Crippen molar-refractivity contribution in [1.29, 1.82) is 0 Å². The van der Waals surface area contributed by atoms with Crippen LogP contribution in [-0.4, -0.2) is 27.8 Å². The fourth-order valence-corrected chi connectivity index (χ4v) is 2.82. The van der Waals surface area contributed by atoms with Gasteiger partial charge in [0.2, 0.25) is 0 Å². The van der Waals surface area contributed by atoms with E-state index < -0.39 is 0 Å². The quantitative estimate of drug-likeness (QED) is 0.818. The number of aryl methyl sites for hydroxylation is 2. The molecule has 4 nitrogen and oxygen atoms in total. The molecule has 0 spiro atoms. The lowest BCUT2D eigenvalue weighted by Gasteiger charge is -2.17. The number of halogens is 1. The normalized spacial score (nSPS) is 10.5. The summed E-state index contributed by atoms with van der Waals surface area (Å²) in [5, 5.41) is 0.339. The molecule has 0 aromatic carbocycles. The van der Waals surface area contributed by atoms with Crippen molar-refractivity contribution in [1.82, 2.24) is 14.9 Å². The van der Waals surface area contributed by atoms with Crippen molar-refractivity contribution in [2.75, 3.05) is 7.05 Å². The Balaban J connectivity index is 2.17. The monoisotopic (exact) mass is 295 g/mol. The lowest BCUT2D eigenvalue weighted by atomic mass is 10.2. The first-order valence-electron chi connectivity index (χ1n) is 5.76. The Morgan fingerprint density at radius 3 is 2.74 bits per heavy atom. The number of amides is 1. The first-order chi connectivity index (χ1) is 8.97. The third-order valence-electron chi connectivity index (χ3n) is 2.74. The summed E-state index contributed by atoms with van der Waals surface area (Å²) in [5.74, 6) is -0.0693. The van der Waals surface area contributed by atoms with E-state index in [0.29, 0.717) is 17.3 Å². The average molecular weight is 296 g/mol. The molecule has 2 heterocycles. The SMILES string of the molecule is Cc1cc(C(=O)N(C)Cc2scnc2C)cc(Cl)n1. The molecule has 0 N–H and O–H groups in total. The standard InChI is InChI=1S/C13H14ClN3OS/c1-8-4-10(5-12(14)16-8)13(18)17(3)6-11-9(2)15-7-19-11/h4-5,7H,6H2,1-3H3. The zero-order chi connectivity index (χ0) is 14.0. The zero-order valence-corrected chi connectivity index (χ0v) is 12.5. The molecular formula is C13H14ClN3OS. The maximum Gasteiger partial charge on any atom is 0.254 e. The Hall–Kier alpha value is -1.46. The van der Waals surface area contributed by atoms with Gasteiger partial charge < -0.3 is 4.90 Å². The number of hydrogen-bond acceptors (Lipinski definition) is 4. The molecule has 0 fully saturated rings. The highest BCUT2D eigenvalue weighted by molar-refractivity contribution is 7.09. The van der Waals surface area contributed by atoms with Gasteiger partial charge in [-0.2, -0.15) is 0 Å². The van der Waals surface area contributed by atoms with Crippen LogP contribution in [0.4, 0.5) is 0 Å². The molecular weight excluding hydrogens is 282 g/mol. The molecule has 2 rings (SSSR count). The minimum absolute atomic E-state index is 0.0693. The number of rotatable bonds is 3. The van der Waals surface area contributed by atoms with Crippen molar-refractivity contribution in [2.24, 2.45) is 0 Å². The van der Waals surface area contributed by atoms with Gasteiger partial charge in [-0.05, 0) is 26.0 Å². The summed E-state index contributed by atoms with van der Waals surface area (Å²) in [6.07, 6.45) is 0. The van der Waals surface area contributed by atoms with Crippen LogP contribution in [0.2, 0.25) is 5.15 Å². The minimum Gasteiger partial charge on any atom is -0.336 e. The van der Waals surface area contributed by atoms with Crippen LogP contribution in [0.5, 0.6) is 0 Å². The second kappa shape index (κ2) is 5.67. The number of carbonyl (C=O) groups excluding carboxylic acids is 1. The third-order valence-corrected chi connectivity index (χ3v) is 3.85. The summed E-state index contributed by atoms with van der Waals surface area (Å²) in [6.45, 7) is 4.31. The molecule has 0 atom stereocenters. The molecule has 0 unspecified atom stereocenters. The molecule has 0 radical (unpaired) electrons. The van der Waals surface area contributed by atoms with Gasteiger partial charge in [-0.3, -0.25) is 4.79 Å². The van der Waals surface area contributed by atoms with E-state index in [4.69, 9.17) is 11.6 Å². The van der Waals surface area contributed by atoms with E-state index in [9.17, 15) is 4.79 Å². The van der Waals surface area contributed by atoms with E-state index in [1.807, 2.05) is 13.8 Å². The van der Waals surface area contributed by atoms with Crippen LogP contribution in [0.1, 0.15) is 26.6 Å². The van der Waals surface area contributed by atoms with Crippen molar-refractivity contribution in [3.8, 4) is 0 Å². The van der Waals surface area contributed by atoms with E-state index in [1.54, 1.807) is 40.9 Å². The molecule has 19 heavy (non-hydrogen) atoms. The summed E-state index contributed by atoms with van der Waals surface area (Å²) >= 11 is 7.43. The minimum atomic E-state index is -0.0693. The van der Waals surface area contributed by atoms with Crippen LogP contribution in [-0.2, 0) is 6.54 Å². The van der Waals surface area contributed by atoms with Gasteiger partial charge in [0.05, 0.1) is 17.7 Å². The molecule has 0 aliphatic carbocycles. The summed E-state index contributed by atoms with van der Waals surface area (Å²) in [7, 11) is 1.77. The largest absolute Gasteiger partial charge is 0.336 e. The molecule has 0 aliphatic rings. The predicted octanol–water partition coefficient (Wildman–Crippen LogP) is 3.08. The smallest absolute Gasteiger partial charge is 0.254 e. The molecule has 0 bridgehead atoms. The number of thiazole rings is 1. The maximum atomic E-state index is 12.3. The van der Waals surface area contributed by atoms with E-state index in [0.717, 1.165) is 16.3 Å². The van der Waals surface area contributed by atoms with Crippen LogP contribution < -0.4 is 0 Å². The lowest BCUT2D eigenvalue weighted by molar-refractivity contribution is 0.0786. The van der Waals surface area contributed by atoms with Gasteiger partial charge in [0, 0.05) is 23.2 Å². The summed E-state index contributed by atoms with van der Waals surface area (Å²) < 4.78 is 0. The van der Waals surface area contributed by atoms with Crippen LogP contribution >= 0.6 is 22.9 Å². The topological polar surface area (TPSA) is 46.1 Å². The van der Waals surface area contributed by atoms with Crippen LogP contribution in [0, 0.1) is 13.8 Å². The van der Waals surface area contributed by atoms with E-state index in [2.05, 4.69) is 9.97 Å². The molecule has 2 aromatic heterocycles. The molecule has 0 saturated heterocycles. The second-order valence-electron chi connectivity index (χ2n) is 4.34. The Labute approximate surface area is 121 Å². The number of nitrogens with zero attached hydrogens (tertiary/aromatic N) is 3. The Morgan fingerprint density at radius 2 is 2.16 bits per heavy atom. The van der Waals surface area contributed by atoms with Crippen molar-refractivity contribution in [3.05, 3.63) is 44.6 Å². The predicted molar refractivity (Wildman–Crippen MR) is 76.6 cm³/mol. The fraction of sp³-hybridized carbons (Fsp3) is 0.308. The maximum absolute atomic E-state index is 12.3. The highest BCUT2D eigenvalue weighted by Crippen LogP contribution is 2.17. The van der Waals surface area contributed by atoms with Crippen molar-refractivity contribution < 1.29 is 4.79 Å². The Kier molecular flexibility index (Phi) is 4.17. The lowest BCUT2D eigenvalue weighted by Crippen LogP contribution is -2.26. The van der Waals surface area contributed by atoms with Gasteiger partial charge in [-0.1, -0.05) is 11.6 Å². The van der Waals surface area contributed by atoms with Gasteiger partial charge in [0.15, 0.2) is 0 Å². The van der Waals surface area contributed by atoms with Gasteiger partial charge in [0.1, 0.15) is 5.15 Å². The van der Waals surface area contributed by atoms with Crippen molar-refractivity contribution >= 4 is 28.8 Å². The molecule has 1 amide bonds. The first-order valence-corrected chi connectivity index (χ1v) is 7.01. The van der Waals surface area contributed by atoms with Gasteiger partial charge in [-0.15, -0.1) is 11.3 Å². The summed E-state index contributed by atoms with van der Waals surface area (Å²) in [4.78, 5) is 23.3. The van der Waals surface area contributed by atoms with Crippen LogP contribution in [0.25, 0.3) is 0 Å². The van der Waals surface area contributed by atoms with Crippen LogP contribution in [0.15, 0.2) is 17.6 Å². The molecule has 2 aromatic rings. The first kappa shape index (κ1) is 14.0. The Bertz CT molecular complexity index is 591. The fourth-order valence-electron chi connectivity index (χ4n) is 1.74. The summed E-state index contributed by atoms with van der Waals surface area (Å²) in [6, 6.07) is 3.33. The number of carbonyl (C=O) groups is 1. The van der Waals surface area contributed by atoms with E-state index in [-0.39, 0.29) is 5.91 Å². The van der Waals surface area contributed by atoms with Gasteiger partial charge in [-0.25, -0.2) is 9.97 Å². The van der Waals surface area contributed by atoms with Crippen LogP contribution in [0.3, 0.4) is 0 Å². The molecule has 6 heteroatoms. The molecule has 100 valence electrons. The number of aromatic nitrogens is 2.